The maximum Gasteiger partial charge on any atom is 0.329 e. The molecule has 0 aromatic rings. The van der Waals surface area contributed by atoms with Crippen LogP contribution in [-0.4, -0.2) is 25.6 Å². The quantitative estimate of drug-likeness (QED) is 0.442. The van der Waals surface area contributed by atoms with E-state index in [-0.39, 0.29) is 10.7 Å². The Labute approximate surface area is 65.9 Å². The van der Waals surface area contributed by atoms with Gasteiger partial charge in [0.15, 0.2) is 0 Å². The molecule has 0 saturated heterocycles. The number of hydrogen-bond acceptors (Lipinski definition) is 2. The van der Waals surface area contributed by atoms with Gasteiger partial charge in [-0.1, -0.05) is 10.7 Å². The average Bonchev–Trinajstić information content (AvgIpc) is 1.82. The fraction of sp³-hybridized carbons (Fsp3) is 0.750. The minimum Gasteiger partial charge on any atom is -0.466 e. The van der Waals surface area contributed by atoms with E-state index in [0.717, 1.165) is 0 Å². The van der Waals surface area contributed by atoms with E-state index in [1.165, 1.54) is 7.11 Å². The summed E-state index contributed by atoms with van der Waals surface area (Å²) in [5, 5.41) is 0. The number of nitrogens with zero attached hydrogens (tertiary/aromatic N) is 2. The molecule has 0 rings (SSSR count). The van der Waals surface area contributed by atoms with Crippen molar-refractivity contribution in [2.75, 3.05) is 19.6 Å². The van der Waals surface area contributed by atoms with E-state index in [4.69, 9.17) is 4.74 Å². The molecule has 0 aromatic carbocycles. The van der Waals surface area contributed by atoms with Gasteiger partial charge in [0.05, 0.1) is 23.3 Å². The summed E-state index contributed by atoms with van der Waals surface area (Å²) in [6.07, 6.45) is 3.97. The largest absolute Gasteiger partial charge is 0.466 e. The van der Waals surface area contributed by atoms with Crippen LogP contribution in [0.3, 0.4) is 0 Å². The van der Waals surface area contributed by atoms with Crippen LogP contribution in [0.2, 0.25) is 0 Å². The van der Waals surface area contributed by atoms with Crippen LogP contribution < -0.4 is 0 Å². The zero-order valence-electron chi connectivity index (χ0n) is 5.59. The summed E-state index contributed by atoms with van der Waals surface area (Å²) in [6.45, 7) is 0. The van der Waals surface area contributed by atoms with Gasteiger partial charge in [-0.25, -0.2) is 0 Å². The molecule has 0 bridgehead atoms. The maximum absolute atomic E-state index is 4.75. The lowest BCUT2D eigenvalue weighted by Gasteiger charge is -1.94. The highest BCUT2D eigenvalue weighted by Crippen LogP contribution is 1.90. The lowest BCUT2D eigenvalue weighted by Crippen LogP contribution is -1.96. The molecule has 0 aliphatic heterocycles. The van der Waals surface area contributed by atoms with Crippen LogP contribution >= 0.6 is 16.1 Å². The van der Waals surface area contributed by atoms with Crippen molar-refractivity contribution < 1.29 is 4.74 Å². The SMILES string of the molecule is CO/C(N=S(C)C)=N/Br. The van der Waals surface area contributed by atoms with Crippen molar-refractivity contribution in [3.63, 3.8) is 0 Å². The van der Waals surface area contributed by atoms with Crippen LogP contribution in [-0.2, 0) is 15.4 Å². The third-order valence-corrected chi connectivity index (χ3v) is 1.34. The van der Waals surface area contributed by atoms with Crippen LogP contribution in [0.4, 0.5) is 0 Å². The molecule has 3 nitrogen and oxygen atoms in total. The minimum atomic E-state index is -0.00619. The van der Waals surface area contributed by atoms with Crippen molar-refractivity contribution in [1.82, 2.24) is 0 Å². The number of ether oxygens (including phenoxy) is 1. The van der Waals surface area contributed by atoms with Gasteiger partial charge >= 0.3 is 6.02 Å². The molecule has 0 heterocycles. The monoisotopic (exact) mass is 212 g/mol. The first-order chi connectivity index (χ1) is 4.20. The summed E-state index contributed by atoms with van der Waals surface area (Å²) in [5.74, 6) is 0. The Morgan fingerprint density at radius 1 is 1.56 bits per heavy atom. The molecular formula is C4H9BrN2OS. The van der Waals surface area contributed by atoms with Gasteiger partial charge in [-0.05, 0) is 12.5 Å². The van der Waals surface area contributed by atoms with Gasteiger partial charge in [0, 0.05) is 0 Å². The Morgan fingerprint density at radius 2 is 2.11 bits per heavy atom. The predicted molar refractivity (Wildman–Crippen MR) is 45.0 cm³/mol. The van der Waals surface area contributed by atoms with Gasteiger partial charge in [0.25, 0.3) is 0 Å². The fourth-order valence-electron chi connectivity index (χ4n) is 0.243. The summed E-state index contributed by atoms with van der Waals surface area (Å²) in [7, 11) is 1.53. The van der Waals surface area contributed by atoms with E-state index in [1.807, 2.05) is 12.5 Å². The smallest absolute Gasteiger partial charge is 0.329 e. The van der Waals surface area contributed by atoms with Crippen molar-refractivity contribution in [2.45, 2.75) is 0 Å². The first-order valence-corrected chi connectivity index (χ1v) is 4.94. The van der Waals surface area contributed by atoms with Gasteiger partial charge in [-0.15, -0.1) is 0 Å². The maximum atomic E-state index is 4.75. The van der Waals surface area contributed by atoms with E-state index in [2.05, 4.69) is 24.5 Å². The normalized spacial score (nSPS) is 11.9. The number of halogens is 1. The second-order valence-electron chi connectivity index (χ2n) is 1.44. The number of rotatable bonds is 0. The van der Waals surface area contributed by atoms with Gasteiger partial charge in [-0.2, -0.15) is 8.38 Å². The van der Waals surface area contributed by atoms with E-state index in [0.29, 0.717) is 6.02 Å². The molecule has 5 heteroatoms. The Hall–Kier alpha value is 0.1000. The van der Waals surface area contributed by atoms with Gasteiger partial charge < -0.3 is 4.74 Å². The molecule has 0 aromatic heterocycles. The highest BCUT2D eigenvalue weighted by atomic mass is 79.9. The highest BCUT2D eigenvalue weighted by Gasteiger charge is 1.89. The van der Waals surface area contributed by atoms with Gasteiger partial charge in [-0.3, -0.25) is 0 Å². The Kier molecular flexibility index (Phi) is 4.99. The molecular weight excluding hydrogens is 204 g/mol. The Balaban J connectivity index is 4.01. The van der Waals surface area contributed by atoms with E-state index in [9.17, 15) is 0 Å². The zero-order chi connectivity index (χ0) is 7.28. The molecule has 0 fully saturated rings. The zero-order valence-corrected chi connectivity index (χ0v) is 7.99. The summed E-state index contributed by atoms with van der Waals surface area (Å²) < 4.78 is 12.4. The molecule has 0 spiro atoms. The molecule has 0 aliphatic rings. The number of hydrogen-bond donors (Lipinski definition) is 0. The minimum absolute atomic E-state index is 0.00619. The molecule has 0 N–H and O–H groups in total. The Bertz CT molecular complexity index is 142. The van der Waals surface area contributed by atoms with Crippen LogP contribution in [0, 0.1) is 0 Å². The van der Waals surface area contributed by atoms with Gasteiger partial charge in [0.1, 0.15) is 0 Å². The Morgan fingerprint density at radius 3 is 2.22 bits per heavy atom. The molecule has 0 saturated carbocycles. The first-order valence-electron chi connectivity index (χ1n) is 2.23. The molecule has 54 valence electrons. The van der Waals surface area contributed by atoms with Crippen molar-refractivity contribution in [1.29, 1.82) is 0 Å². The topological polar surface area (TPSA) is 34.0 Å². The van der Waals surface area contributed by atoms with E-state index >= 15 is 0 Å². The second kappa shape index (κ2) is 4.93. The molecule has 0 radical (unpaired) electrons. The molecule has 0 unspecified atom stereocenters. The van der Waals surface area contributed by atoms with Crippen molar-refractivity contribution in [3.05, 3.63) is 0 Å². The van der Waals surface area contributed by atoms with E-state index < -0.39 is 0 Å². The van der Waals surface area contributed by atoms with Gasteiger partial charge in [0.2, 0.25) is 0 Å². The average molecular weight is 213 g/mol. The lowest BCUT2D eigenvalue weighted by atomic mass is 11.2. The van der Waals surface area contributed by atoms with Crippen LogP contribution in [0.5, 0.6) is 0 Å². The van der Waals surface area contributed by atoms with Crippen LogP contribution in [0.25, 0.3) is 0 Å². The lowest BCUT2D eigenvalue weighted by molar-refractivity contribution is 0.400. The van der Waals surface area contributed by atoms with Crippen molar-refractivity contribution >= 4 is 32.9 Å². The predicted octanol–water partition coefficient (Wildman–Crippen LogP) is 1.36. The first kappa shape index (κ1) is 9.10. The summed E-state index contributed by atoms with van der Waals surface area (Å²) >= 11 is 2.88. The number of methoxy groups -OCH3 is 1. The summed E-state index contributed by atoms with van der Waals surface area (Å²) in [5.41, 5.74) is 0. The summed E-state index contributed by atoms with van der Waals surface area (Å²) in [6, 6.07) is 0.392. The molecule has 0 amide bonds. The fourth-order valence-corrected chi connectivity index (χ4v) is 1.00. The van der Waals surface area contributed by atoms with Crippen molar-refractivity contribution in [3.8, 4) is 0 Å². The third kappa shape index (κ3) is 4.59. The summed E-state index contributed by atoms with van der Waals surface area (Å²) in [4.78, 5) is 0. The standard InChI is InChI=1S/C4H9BrN2OS/c1-8-4(6-5)7-9(2)3/h1-3H3/b6-4+. The third-order valence-electron chi connectivity index (χ3n) is 0.516. The number of amidine groups is 1. The highest BCUT2D eigenvalue weighted by molar-refractivity contribution is 9.08. The van der Waals surface area contributed by atoms with E-state index in [1.54, 1.807) is 0 Å². The second-order valence-corrected chi connectivity index (χ2v) is 3.52. The molecule has 0 aliphatic carbocycles. The van der Waals surface area contributed by atoms with Crippen LogP contribution in [0.15, 0.2) is 8.38 Å². The van der Waals surface area contributed by atoms with Crippen LogP contribution in [0.1, 0.15) is 0 Å². The molecule has 0 atom stereocenters. The molecule has 9 heavy (non-hydrogen) atoms. The van der Waals surface area contributed by atoms with Crippen molar-refractivity contribution in [2.24, 2.45) is 8.38 Å².